The van der Waals surface area contributed by atoms with Crippen LogP contribution in [0.25, 0.3) is 0 Å². The number of pyridine rings is 1. The van der Waals surface area contributed by atoms with Gasteiger partial charge in [-0.25, -0.2) is 5.43 Å². The Balaban J connectivity index is 1.94. The number of ether oxygens (including phenoxy) is 1. The molecule has 1 aromatic carbocycles. The summed E-state index contributed by atoms with van der Waals surface area (Å²) in [6.07, 6.45) is 3.67. The molecule has 0 saturated heterocycles. The predicted octanol–water partition coefficient (Wildman–Crippen LogP) is 1.52. The van der Waals surface area contributed by atoms with Crippen LogP contribution >= 0.6 is 0 Å². The Morgan fingerprint density at radius 3 is 2.48 bits per heavy atom. The third-order valence-electron chi connectivity index (χ3n) is 2.96. The Hall–Kier alpha value is -2.69. The van der Waals surface area contributed by atoms with Crippen LogP contribution in [0.2, 0.25) is 0 Å². The Morgan fingerprint density at radius 2 is 1.86 bits per heavy atom. The van der Waals surface area contributed by atoms with E-state index in [1.165, 1.54) is 0 Å². The lowest BCUT2D eigenvalue weighted by atomic mass is 10.1. The summed E-state index contributed by atoms with van der Waals surface area (Å²) in [6, 6.07) is 13.2. The van der Waals surface area contributed by atoms with Crippen molar-refractivity contribution in [1.29, 1.82) is 0 Å². The SMILES string of the molecule is COc1ccc(/C(C)=N/NC(=O)C[n+]2ccccc2)cc1. The maximum absolute atomic E-state index is 11.8. The van der Waals surface area contributed by atoms with Crippen LogP contribution in [0.15, 0.2) is 60.0 Å². The van der Waals surface area contributed by atoms with Gasteiger partial charge in [0.15, 0.2) is 12.4 Å². The number of methoxy groups -OCH3 is 1. The highest BCUT2D eigenvalue weighted by molar-refractivity contribution is 5.99. The number of benzene rings is 1. The number of hydrogen-bond acceptors (Lipinski definition) is 3. The zero-order valence-corrected chi connectivity index (χ0v) is 12.1. The number of nitrogens with one attached hydrogen (secondary N) is 1. The molecule has 0 atom stereocenters. The van der Waals surface area contributed by atoms with Crippen molar-refractivity contribution >= 4 is 11.6 Å². The summed E-state index contributed by atoms with van der Waals surface area (Å²) in [4.78, 5) is 11.8. The van der Waals surface area contributed by atoms with Crippen LogP contribution in [-0.2, 0) is 11.3 Å². The summed E-state index contributed by atoms with van der Waals surface area (Å²) in [7, 11) is 1.62. The summed E-state index contributed by atoms with van der Waals surface area (Å²) < 4.78 is 6.89. The van der Waals surface area contributed by atoms with E-state index in [2.05, 4.69) is 10.5 Å². The molecular weight excluding hydrogens is 266 g/mol. The van der Waals surface area contributed by atoms with E-state index in [-0.39, 0.29) is 12.5 Å². The minimum absolute atomic E-state index is 0.168. The van der Waals surface area contributed by atoms with Gasteiger partial charge in [-0.15, -0.1) is 0 Å². The topological polar surface area (TPSA) is 54.6 Å². The van der Waals surface area contributed by atoms with E-state index in [9.17, 15) is 4.79 Å². The fourth-order valence-corrected chi connectivity index (χ4v) is 1.78. The first-order valence-electron chi connectivity index (χ1n) is 6.60. The molecule has 0 bridgehead atoms. The van der Waals surface area contributed by atoms with Crippen molar-refractivity contribution < 1.29 is 14.1 Å². The van der Waals surface area contributed by atoms with Crippen molar-refractivity contribution in [2.75, 3.05) is 7.11 Å². The van der Waals surface area contributed by atoms with E-state index >= 15 is 0 Å². The predicted molar refractivity (Wildman–Crippen MR) is 80.0 cm³/mol. The number of hydrogen-bond donors (Lipinski definition) is 1. The summed E-state index contributed by atoms with van der Waals surface area (Å²) >= 11 is 0. The van der Waals surface area contributed by atoms with Gasteiger partial charge in [-0.3, -0.25) is 4.79 Å². The summed E-state index contributed by atoms with van der Waals surface area (Å²) in [5, 5.41) is 4.11. The van der Waals surface area contributed by atoms with E-state index in [1.807, 2.05) is 61.8 Å². The smallest absolute Gasteiger partial charge is 0.305 e. The third-order valence-corrected chi connectivity index (χ3v) is 2.96. The largest absolute Gasteiger partial charge is 0.497 e. The second-order valence-electron chi connectivity index (χ2n) is 4.51. The molecule has 2 aromatic rings. The highest BCUT2D eigenvalue weighted by Gasteiger charge is 2.07. The molecule has 0 aliphatic heterocycles. The lowest BCUT2D eigenvalue weighted by molar-refractivity contribution is -0.684. The average Bonchev–Trinajstić information content (AvgIpc) is 2.53. The lowest BCUT2D eigenvalue weighted by Gasteiger charge is -2.03. The fraction of sp³-hybridized carbons (Fsp3) is 0.188. The van der Waals surface area contributed by atoms with Gasteiger partial charge in [0.25, 0.3) is 0 Å². The van der Waals surface area contributed by atoms with Gasteiger partial charge in [-0.05, 0) is 36.8 Å². The Labute approximate surface area is 123 Å². The van der Waals surface area contributed by atoms with E-state index < -0.39 is 0 Å². The molecule has 0 unspecified atom stereocenters. The van der Waals surface area contributed by atoms with Crippen LogP contribution in [0.5, 0.6) is 5.75 Å². The minimum atomic E-state index is -0.168. The molecule has 1 N–H and O–H groups in total. The van der Waals surface area contributed by atoms with Gasteiger partial charge >= 0.3 is 5.91 Å². The van der Waals surface area contributed by atoms with Gasteiger partial charge in [0.2, 0.25) is 6.54 Å². The van der Waals surface area contributed by atoms with Crippen LogP contribution in [-0.4, -0.2) is 18.7 Å². The zero-order valence-electron chi connectivity index (χ0n) is 12.1. The normalized spacial score (nSPS) is 11.0. The van der Waals surface area contributed by atoms with Gasteiger partial charge in [0.05, 0.1) is 12.8 Å². The molecular formula is C16H18N3O2+. The Morgan fingerprint density at radius 1 is 1.19 bits per heavy atom. The zero-order chi connectivity index (χ0) is 15.1. The number of amides is 1. The number of carbonyl (C=O) groups is 1. The summed E-state index contributed by atoms with van der Waals surface area (Å²) in [6.45, 7) is 2.08. The second kappa shape index (κ2) is 7.19. The second-order valence-corrected chi connectivity index (χ2v) is 4.51. The first kappa shape index (κ1) is 14.7. The van der Waals surface area contributed by atoms with E-state index in [1.54, 1.807) is 11.7 Å². The van der Waals surface area contributed by atoms with Gasteiger partial charge in [0.1, 0.15) is 5.75 Å². The molecule has 0 saturated carbocycles. The molecule has 1 heterocycles. The summed E-state index contributed by atoms with van der Waals surface area (Å²) in [5.41, 5.74) is 4.23. The van der Waals surface area contributed by atoms with Crippen molar-refractivity contribution in [2.45, 2.75) is 13.5 Å². The molecule has 2 rings (SSSR count). The highest BCUT2D eigenvalue weighted by Crippen LogP contribution is 2.11. The third kappa shape index (κ3) is 4.42. The molecule has 1 aromatic heterocycles. The Bertz CT molecular complexity index is 622. The number of rotatable bonds is 5. The molecule has 5 nitrogen and oxygen atoms in total. The van der Waals surface area contributed by atoms with Gasteiger partial charge < -0.3 is 4.74 Å². The van der Waals surface area contributed by atoms with E-state index in [0.717, 1.165) is 17.0 Å². The molecule has 0 aliphatic carbocycles. The number of hydrazone groups is 1. The molecule has 0 fully saturated rings. The van der Waals surface area contributed by atoms with Gasteiger partial charge in [0, 0.05) is 12.1 Å². The van der Waals surface area contributed by atoms with Crippen molar-refractivity contribution in [3.63, 3.8) is 0 Å². The Kier molecular flexibility index (Phi) is 5.04. The summed E-state index contributed by atoms with van der Waals surface area (Å²) in [5.74, 6) is 0.620. The maximum Gasteiger partial charge on any atom is 0.305 e. The number of nitrogens with zero attached hydrogens (tertiary/aromatic N) is 2. The van der Waals surface area contributed by atoms with Crippen LogP contribution in [0, 0.1) is 0 Å². The van der Waals surface area contributed by atoms with Crippen LogP contribution in [0.1, 0.15) is 12.5 Å². The monoisotopic (exact) mass is 284 g/mol. The van der Waals surface area contributed by atoms with Gasteiger partial charge in [-0.2, -0.15) is 9.67 Å². The molecule has 1 amide bonds. The standard InChI is InChI=1S/C16H17N3O2/c1-13(14-6-8-15(21-2)9-7-14)17-18-16(20)12-19-10-4-3-5-11-19/h3-11H,12H2,1-2H3/p+1/b17-13+. The molecule has 21 heavy (non-hydrogen) atoms. The van der Waals surface area contributed by atoms with Crippen LogP contribution in [0.3, 0.4) is 0 Å². The van der Waals surface area contributed by atoms with Crippen molar-refractivity contribution in [3.8, 4) is 5.75 Å². The molecule has 0 spiro atoms. The average molecular weight is 284 g/mol. The maximum atomic E-state index is 11.8. The van der Waals surface area contributed by atoms with E-state index in [0.29, 0.717) is 0 Å². The highest BCUT2D eigenvalue weighted by atomic mass is 16.5. The van der Waals surface area contributed by atoms with Crippen molar-refractivity contribution in [2.24, 2.45) is 5.10 Å². The molecule has 108 valence electrons. The lowest BCUT2D eigenvalue weighted by Crippen LogP contribution is -2.41. The number of aromatic nitrogens is 1. The number of carbonyl (C=O) groups excluding carboxylic acids is 1. The van der Waals surface area contributed by atoms with Crippen molar-refractivity contribution in [3.05, 3.63) is 60.4 Å². The van der Waals surface area contributed by atoms with Crippen LogP contribution < -0.4 is 14.7 Å². The first-order chi connectivity index (χ1) is 10.2. The van der Waals surface area contributed by atoms with Gasteiger partial charge in [-0.1, -0.05) is 6.07 Å². The molecule has 0 radical (unpaired) electrons. The van der Waals surface area contributed by atoms with Crippen molar-refractivity contribution in [1.82, 2.24) is 5.43 Å². The van der Waals surface area contributed by atoms with E-state index in [4.69, 9.17) is 4.74 Å². The first-order valence-corrected chi connectivity index (χ1v) is 6.60. The molecule has 5 heteroatoms. The molecule has 0 aliphatic rings. The van der Waals surface area contributed by atoms with Crippen LogP contribution in [0.4, 0.5) is 0 Å². The quantitative estimate of drug-likeness (QED) is 0.514. The minimum Gasteiger partial charge on any atom is -0.497 e. The fourth-order valence-electron chi connectivity index (χ4n) is 1.78.